The maximum Gasteiger partial charge on any atom is 0.312 e. The molecule has 1 unspecified atom stereocenters. The molecule has 1 aromatic rings. The summed E-state index contributed by atoms with van der Waals surface area (Å²) in [6.45, 7) is 0.213. The van der Waals surface area contributed by atoms with Gasteiger partial charge in [0.15, 0.2) is 0 Å². The topological polar surface area (TPSA) is 35.5 Å². The standard InChI is InChI=1S/C11H10ClFO3/c1-15-11(14)7-2-6-3-8(13)4-9(12)10(6)16-5-7/h3-4,7H,2,5H2,1H3. The predicted octanol–water partition coefficient (Wildman–Crippen LogP) is 2.20. The van der Waals surface area contributed by atoms with Crippen molar-refractivity contribution in [1.82, 2.24) is 0 Å². The smallest absolute Gasteiger partial charge is 0.312 e. The van der Waals surface area contributed by atoms with Gasteiger partial charge in [-0.2, -0.15) is 0 Å². The molecule has 0 amide bonds. The summed E-state index contributed by atoms with van der Waals surface area (Å²) in [4.78, 5) is 11.3. The second-order valence-electron chi connectivity index (χ2n) is 3.61. The molecule has 0 N–H and O–H groups in total. The Balaban J connectivity index is 2.30. The Morgan fingerprint density at radius 3 is 3.06 bits per heavy atom. The van der Waals surface area contributed by atoms with E-state index in [0.29, 0.717) is 17.7 Å². The number of ether oxygens (including phenoxy) is 2. The third kappa shape index (κ3) is 1.97. The monoisotopic (exact) mass is 244 g/mol. The molecule has 0 saturated carbocycles. The predicted molar refractivity (Wildman–Crippen MR) is 56.1 cm³/mol. The van der Waals surface area contributed by atoms with Crippen LogP contribution < -0.4 is 4.74 Å². The minimum atomic E-state index is -0.433. The summed E-state index contributed by atoms with van der Waals surface area (Å²) in [6.07, 6.45) is 0.388. The number of methoxy groups -OCH3 is 1. The molecule has 0 radical (unpaired) electrons. The molecule has 0 aliphatic carbocycles. The molecule has 1 aliphatic rings. The number of rotatable bonds is 1. The Labute approximate surface area is 97.1 Å². The first-order valence-electron chi connectivity index (χ1n) is 4.80. The summed E-state index contributed by atoms with van der Waals surface area (Å²) in [5, 5.41) is 0.235. The van der Waals surface area contributed by atoms with Crippen LogP contribution in [0.3, 0.4) is 0 Å². The van der Waals surface area contributed by atoms with E-state index in [-0.39, 0.29) is 17.6 Å². The summed E-state index contributed by atoms with van der Waals surface area (Å²) in [7, 11) is 1.32. The van der Waals surface area contributed by atoms with E-state index in [1.807, 2.05) is 0 Å². The summed E-state index contributed by atoms with van der Waals surface area (Å²) in [5.74, 6) is -0.720. The van der Waals surface area contributed by atoms with E-state index < -0.39 is 11.7 Å². The van der Waals surface area contributed by atoms with Gasteiger partial charge in [0, 0.05) is 0 Å². The van der Waals surface area contributed by atoms with Crippen LogP contribution >= 0.6 is 11.6 Å². The van der Waals surface area contributed by atoms with Gasteiger partial charge in [-0.05, 0) is 24.1 Å². The fourth-order valence-corrected chi connectivity index (χ4v) is 2.03. The zero-order chi connectivity index (χ0) is 11.7. The highest BCUT2D eigenvalue weighted by Crippen LogP contribution is 2.35. The molecule has 3 nitrogen and oxygen atoms in total. The molecule has 1 aromatic carbocycles. The van der Waals surface area contributed by atoms with Crippen LogP contribution in [0.4, 0.5) is 4.39 Å². The van der Waals surface area contributed by atoms with Gasteiger partial charge in [0.1, 0.15) is 18.2 Å². The average Bonchev–Trinajstić information content (AvgIpc) is 2.27. The van der Waals surface area contributed by atoms with Crippen molar-refractivity contribution in [3.63, 3.8) is 0 Å². The number of fused-ring (bicyclic) bond motifs is 1. The van der Waals surface area contributed by atoms with Crippen LogP contribution in [0, 0.1) is 11.7 Å². The van der Waals surface area contributed by atoms with Crippen molar-refractivity contribution in [2.45, 2.75) is 6.42 Å². The first kappa shape index (κ1) is 11.2. The fraction of sp³-hybridized carbons (Fsp3) is 0.364. The summed E-state index contributed by atoms with van der Waals surface area (Å²) in [5.41, 5.74) is 0.603. The lowest BCUT2D eigenvalue weighted by molar-refractivity contribution is -0.146. The molecule has 0 fully saturated rings. The van der Waals surface area contributed by atoms with Crippen LogP contribution in [-0.2, 0) is 16.0 Å². The first-order chi connectivity index (χ1) is 7.61. The van der Waals surface area contributed by atoms with E-state index in [0.717, 1.165) is 0 Å². The molecule has 16 heavy (non-hydrogen) atoms. The zero-order valence-corrected chi connectivity index (χ0v) is 9.38. The van der Waals surface area contributed by atoms with E-state index in [1.165, 1.54) is 19.2 Å². The normalized spacial score (nSPS) is 18.6. The summed E-state index contributed by atoms with van der Waals surface area (Å²) in [6, 6.07) is 2.52. The van der Waals surface area contributed by atoms with Gasteiger partial charge in [-0.15, -0.1) is 0 Å². The third-order valence-electron chi connectivity index (χ3n) is 2.51. The number of hydrogen-bond donors (Lipinski definition) is 0. The van der Waals surface area contributed by atoms with Gasteiger partial charge < -0.3 is 9.47 Å². The number of carbonyl (C=O) groups is 1. The maximum atomic E-state index is 13.1. The van der Waals surface area contributed by atoms with Crippen LogP contribution in [0.1, 0.15) is 5.56 Å². The van der Waals surface area contributed by atoms with Gasteiger partial charge in [-0.3, -0.25) is 4.79 Å². The molecular weight excluding hydrogens is 235 g/mol. The Morgan fingerprint density at radius 1 is 1.62 bits per heavy atom. The Morgan fingerprint density at radius 2 is 2.38 bits per heavy atom. The third-order valence-corrected chi connectivity index (χ3v) is 2.80. The Hall–Kier alpha value is -1.29. The molecule has 1 atom stereocenters. The van der Waals surface area contributed by atoms with Gasteiger partial charge in [0.2, 0.25) is 0 Å². The number of halogens is 2. The van der Waals surface area contributed by atoms with E-state index in [4.69, 9.17) is 16.3 Å². The van der Waals surface area contributed by atoms with Crippen molar-refractivity contribution in [3.8, 4) is 5.75 Å². The minimum Gasteiger partial charge on any atom is -0.491 e. The van der Waals surface area contributed by atoms with Gasteiger partial charge in [0.05, 0.1) is 18.1 Å². The van der Waals surface area contributed by atoms with Gasteiger partial charge >= 0.3 is 5.97 Å². The van der Waals surface area contributed by atoms with Gasteiger partial charge in [-0.1, -0.05) is 11.6 Å². The number of benzene rings is 1. The fourth-order valence-electron chi connectivity index (χ4n) is 1.75. The molecule has 2 rings (SSSR count). The molecule has 0 saturated heterocycles. The van der Waals surface area contributed by atoms with Crippen molar-refractivity contribution in [2.75, 3.05) is 13.7 Å². The quantitative estimate of drug-likeness (QED) is 0.711. The van der Waals surface area contributed by atoms with Crippen LogP contribution in [-0.4, -0.2) is 19.7 Å². The van der Waals surface area contributed by atoms with E-state index in [1.54, 1.807) is 0 Å². The van der Waals surface area contributed by atoms with Crippen LogP contribution in [0.15, 0.2) is 12.1 Å². The average molecular weight is 245 g/mol. The lowest BCUT2D eigenvalue weighted by Gasteiger charge is -2.24. The molecule has 0 aromatic heterocycles. The van der Waals surface area contributed by atoms with E-state index in [2.05, 4.69) is 4.74 Å². The van der Waals surface area contributed by atoms with Crippen molar-refractivity contribution < 1.29 is 18.7 Å². The molecule has 0 spiro atoms. The molecule has 5 heteroatoms. The SMILES string of the molecule is COC(=O)C1COc2c(Cl)cc(F)cc2C1. The first-order valence-corrected chi connectivity index (χ1v) is 5.18. The molecule has 1 aliphatic heterocycles. The van der Waals surface area contributed by atoms with E-state index in [9.17, 15) is 9.18 Å². The van der Waals surface area contributed by atoms with Crippen molar-refractivity contribution >= 4 is 17.6 Å². The van der Waals surface area contributed by atoms with Crippen molar-refractivity contribution in [2.24, 2.45) is 5.92 Å². The van der Waals surface area contributed by atoms with E-state index >= 15 is 0 Å². The van der Waals surface area contributed by atoms with Crippen LogP contribution in [0.2, 0.25) is 5.02 Å². The zero-order valence-electron chi connectivity index (χ0n) is 8.63. The number of hydrogen-bond acceptors (Lipinski definition) is 3. The summed E-state index contributed by atoms with van der Waals surface area (Å²) < 4.78 is 23.1. The highest BCUT2D eigenvalue weighted by molar-refractivity contribution is 6.32. The summed E-state index contributed by atoms with van der Waals surface area (Å²) >= 11 is 5.83. The molecular formula is C11H10ClFO3. The number of carbonyl (C=O) groups excluding carboxylic acids is 1. The molecule has 0 bridgehead atoms. The second-order valence-corrected chi connectivity index (χ2v) is 4.02. The molecule has 1 heterocycles. The van der Waals surface area contributed by atoms with Gasteiger partial charge in [-0.25, -0.2) is 4.39 Å². The lowest BCUT2D eigenvalue weighted by atomic mass is 9.97. The molecule has 86 valence electrons. The minimum absolute atomic E-state index is 0.213. The van der Waals surface area contributed by atoms with Crippen LogP contribution in [0.5, 0.6) is 5.75 Å². The largest absolute Gasteiger partial charge is 0.491 e. The Bertz CT molecular complexity index is 433. The maximum absolute atomic E-state index is 13.1. The van der Waals surface area contributed by atoms with Gasteiger partial charge in [0.25, 0.3) is 0 Å². The van der Waals surface area contributed by atoms with Crippen LogP contribution in [0.25, 0.3) is 0 Å². The lowest BCUT2D eigenvalue weighted by Crippen LogP contribution is -2.29. The number of esters is 1. The Kier molecular flexibility index (Phi) is 3.01. The van der Waals surface area contributed by atoms with Crippen molar-refractivity contribution in [3.05, 3.63) is 28.5 Å². The van der Waals surface area contributed by atoms with Crippen molar-refractivity contribution in [1.29, 1.82) is 0 Å². The highest BCUT2D eigenvalue weighted by Gasteiger charge is 2.28. The second kappa shape index (κ2) is 4.29. The highest BCUT2D eigenvalue weighted by atomic mass is 35.5.